The molecule has 2 heterocycles. The number of ether oxygens (including phenoxy) is 2. The van der Waals surface area contributed by atoms with E-state index in [1.807, 2.05) is 30.3 Å². The van der Waals surface area contributed by atoms with E-state index in [4.69, 9.17) is 25.5 Å². The second kappa shape index (κ2) is 8.88. The summed E-state index contributed by atoms with van der Waals surface area (Å²) in [5, 5.41) is 0.978. The first kappa shape index (κ1) is 22.0. The minimum atomic E-state index is -0.595. The highest BCUT2D eigenvalue weighted by Gasteiger charge is 2.42. The summed E-state index contributed by atoms with van der Waals surface area (Å²) in [6, 6.07) is 19.3. The first-order chi connectivity index (χ1) is 16.5. The number of nitrogens with zero attached hydrogens (tertiary/aromatic N) is 1. The summed E-state index contributed by atoms with van der Waals surface area (Å²) < 4.78 is 16.7. The van der Waals surface area contributed by atoms with Crippen LogP contribution in [-0.4, -0.2) is 31.6 Å². The molecule has 34 heavy (non-hydrogen) atoms. The van der Waals surface area contributed by atoms with Crippen LogP contribution in [0.1, 0.15) is 33.3 Å². The van der Waals surface area contributed by atoms with Crippen molar-refractivity contribution in [2.45, 2.75) is 12.5 Å². The molecule has 1 atom stereocenters. The van der Waals surface area contributed by atoms with Crippen LogP contribution >= 0.6 is 11.6 Å². The summed E-state index contributed by atoms with van der Waals surface area (Å²) in [6.07, 6.45) is 0.546. The van der Waals surface area contributed by atoms with E-state index in [2.05, 4.69) is 0 Å². The van der Waals surface area contributed by atoms with E-state index in [0.717, 1.165) is 11.1 Å². The minimum absolute atomic E-state index is 0.0842. The maximum atomic E-state index is 13.5. The van der Waals surface area contributed by atoms with Crippen LogP contribution in [0.3, 0.4) is 0 Å². The third-order valence-corrected chi connectivity index (χ3v) is 6.36. The molecule has 0 bridgehead atoms. The Labute approximate surface area is 201 Å². The van der Waals surface area contributed by atoms with E-state index >= 15 is 0 Å². The van der Waals surface area contributed by atoms with Gasteiger partial charge >= 0.3 is 0 Å². The molecule has 1 aliphatic rings. The summed E-state index contributed by atoms with van der Waals surface area (Å²) >= 11 is 6.27. The SMILES string of the molecule is COc1ccc(CCN2C(=O)c3oc4ccccc4c(=O)c3[C@H]2c2cccc(Cl)c2)cc1OC. The number of amides is 1. The number of benzene rings is 3. The number of hydrogen-bond acceptors (Lipinski definition) is 5. The lowest BCUT2D eigenvalue weighted by Gasteiger charge is -2.25. The van der Waals surface area contributed by atoms with Crippen molar-refractivity contribution < 1.29 is 18.7 Å². The molecule has 0 saturated carbocycles. The lowest BCUT2D eigenvalue weighted by atomic mass is 9.98. The van der Waals surface area contributed by atoms with Gasteiger partial charge in [0.1, 0.15) is 5.58 Å². The molecular formula is C27H22ClNO5. The molecule has 1 aliphatic heterocycles. The number of rotatable bonds is 6. The predicted molar refractivity (Wildman–Crippen MR) is 130 cm³/mol. The van der Waals surface area contributed by atoms with E-state index < -0.39 is 6.04 Å². The monoisotopic (exact) mass is 475 g/mol. The highest BCUT2D eigenvalue weighted by Crippen LogP contribution is 2.39. The number of carbonyl (C=O) groups is 1. The average Bonchev–Trinajstić information content (AvgIpc) is 3.14. The molecule has 0 N–H and O–H groups in total. The highest BCUT2D eigenvalue weighted by atomic mass is 35.5. The molecule has 0 spiro atoms. The fourth-order valence-electron chi connectivity index (χ4n) is 4.51. The van der Waals surface area contributed by atoms with Gasteiger partial charge in [-0.2, -0.15) is 0 Å². The number of carbonyl (C=O) groups excluding carboxylic acids is 1. The average molecular weight is 476 g/mol. The Bertz CT molecular complexity index is 1460. The van der Waals surface area contributed by atoms with Gasteiger partial charge in [-0.25, -0.2) is 0 Å². The van der Waals surface area contributed by atoms with Crippen LogP contribution in [0.25, 0.3) is 11.0 Å². The number of fused-ring (bicyclic) bond motifs is 2. The Morgan fingerprint density at radius 3 is 2.50 bits per heavy atom. The van der Waals surface area contributed by atoms with Gasteiger partial charge in [0, 0.05) is 11.6 Å². The van der Waals surface area contributed by atoms with E-state index in [9.17, 15) is 9.59 Å². The van der Waals surface area contributed by atoms with Crippen LogP contribution in [0.2, 0.25) is 5.02 Å². The van der Waals surface area contributed by atoms with Crippen molar-refractivity contribution in [2.24, 2.45) is 0 Å². The van der Waals surface area contributed by atoms with Gasteiger partial charge in [0.2, 0.25) is 5.76 Å². The van der Waals surface area contributed by atoms with Crippen LogP contribution in [0.15, 0.2) is 75.9 Å². The molecule has 0 unspecified atom stereocenters. The summed E-state index contributed by atoms with van der Waals surface area (Å²) in [5.41, 5.74) is 2.26. The Morgan fingerprint density at radius 2 is 1.74 bits per heavy atom. The fraction of sp³-hybridized carbons (Fsp3) is 0.185. The van der Waals surface area contributed by atoms with Crippen LogP contribution in [0, 0.1) is 0 Å². The van der Waals surface area contributed by atoms with Crippen molar-refractivity contribution in [3.63, 3.8) is 0 Å². The number of para-hydroxylation sites is 1. The van der Waals surface area contributed by atoms with Gasteiger partial charge in [0.15, 0.2) is 16.9 Å². The molecule has 1 aromatic heterocycles. The number of halogens is 1. The first-order valence-corrected chi connectivity index (χ1v) is 11.2. The number of hydrogen-bond donors (Lipinski definition) is 0. The van der Waals surface area contributed by atoms with Crippen molar-refractivity contribution in [3.05, 3.63) is 104 Å². The van der Waals surface area contributed by atoms with Crippen molar-refractivity contribution >= 4 is 28.5 Å². The third-order valence-electron chi connectivity index (χ3n) is 6.13. The van der Waals surface area contributed by atoms with Gasteiger partial charge in [-0.15, -0.1) is 0 Å². The van der Waals surface area contributed by atoms with Crippen LogP contribution in [0.4, 0.5) is 0 Å². The molecule has 5 rings (SSSR count). The molecule has 4 aromatic rings. The van der Waals surface area contributed by atoms with Crippen LogP contribution in [-0.2, 0) is 6.42 Å². The largest absolute Gasteiger partial charge is 0.493 e. The standard InChI is InChI=1S/C27H22ClNO5/c1-32-21-11-10-16(14-22(21)33-2)12-13-29-24(17-6-5-7-18(28)15-17)23-25(30)19-8-3-4-9-20(19)34-26(23)27(29)31/h3-11,14-15,24H,12-13H2,1-2H3/t24-/m1/s1. The molecule has 3 aromatic carbocycles. The third kappa shape index (κ3) is 3.70. The minimum Gasteiger partial charge on any atom is -0.493 e. The van der Waals surface area contributed by atoms with Crippen LogP contribution < -0.4 is 14.9 Å². The Kier molecular flexibility index (Phi) is 5.75. The lowest BCUT2D eigenvalue weighted by molar-refractivity contribution is 0.0730. The van der Waals surface area contributed by atoms with Gasteiger partial charge < -0.3 is 18.8 Å². The smallest absolute Gasteiger partial charge is 0.290 e. The molecular weight excluding hydrogens is 454 g/mol. The Hall–Kier alpha value is -3.77. The second-order valence-corrected chi connectivity index (χ2v) is 8.50. The number of methoxy groups -OCH3 is 2. The second-order valence-electron chi connectivity index (χ2n) is 8.07. The van der Waals surface area contributed by atoms with Crippen molar-refractivity contribution in [2.75, 3.05) is 20.8 Å². The van der Waals surface area contributed by atoms with E-state index in [1.165, 1.54) is 0 Å². The topological polar surface area (TPSA) is 69.0 Å². The molecule has 6 nitrogen and oxygen atoms in total. The molecule has 0 saturated heterocycles. The molecule has 172 valence electrons. The van der Waals surface area contributed by atoms with Gasteiger partial charge in [-0.1, -0.05) is 41.9 Å². The zero-order chi connectivity index (χ0) is 23.8. The van der Waals surface area contributed by atoms with Gasteiger partial charge in [0.25, 0.3) is 5.91 Å². The fourth-order valence-corrected chi connectivity index (χ4v) is 4.71. The molecule has 7 heteroatoms. The Morgan fingerprint density at radius 1 is 0.941 bits per heavy atom. The summed E-state index contributed by atoms with van der Waals surface area (Å²) in [7, 11) is 3.17. The van der Waals surface area contributed by atoms with Gasteiger partial charge in [-0.05, 0) is 53.9 Å². The van der Waals surface area contributed by atoms with Crippen LogP contribution in [0.5, 0.6) is 11.5 Å². The van der Waals surface area contributed by atoms with Gasteiger partial charge in [-0.3, -0.25) is 9.59 Å². The van der Waals surface area contributed by atoms with E-state index in [0.29, 0.717) is 46.0 Å². The normalized spacial score (nSPS) is 15.0. The highest BCUT2D eigenvalue weighted by molar-refractivity contribution is 6.30. The van der Waals surface area contributed by atoms with Crippen molar-refractivity contribution in [1.82, 2.24) is 4.90 Å². The van der Waals surface area contributed by atoms with Gasteiger partial charge in [0.05, 0.1) is 31.2 Å². The molecule has 0 radical (unpaired) electrons. The predicted octanol–water partition coefficient (Wildman–Crippen LogP) is 5.25. The van der Waals surface area contributed by atoms with Crippen molar-refractivity contribution in [3.8, 4) is 11.5 Å². The van der Waals surface area contributed by atoms with Crippen molar-refractivity contribution in [1.29, 1.82) is 0 Å². The lowest BCUT2D eigenvalue weighted by Crippen LogP contribution is -2.31. The first-order valence-electron chi connectivity index (χ1n) is 10.8. The summed E-state index contributed by atoms with van der Waals surface area (Å²) in [4.78, 5) is 28.7. The van der Waals surface area contributed by atoms with E-state index in [-0.39, 0.29) is 17.1 Å². The molecule has 0 aliphatic carbocycles. The maximum absolute atomic E-state index is 13.5. The Balaban J connectivity index is 1.58. The van der Waals surface area contributed by atoms with E-state index in [1.54, 1.807) is 55.5 Å². The zero-order valence-electron chi connectivity index (χ0n) is 18.7. The summed E-state index contributed by atoms with van der Waals surface area (Å²) in [5.74, 6) is 1.02. The summed E-state index contributed by atoms with van der Waals surface area (Å²) in [6.45, 7) is 0.367. The quantitative estimate of drug-likeness (QED) is 0.381. The molecule has 0 fully saturated rings. The maximum Gasteiger partial charge on any atom is 0.290 e. The zero-order valence-corrected chi connectivity index (χ0v) is 19.5. The molecule has 1 amide bonds.